The molecule has 2 aromatic rings. The first kappa shape index (κ1) is 18.6. The second-order valence-corrected chi connectivity index (χ2v) is 7.01. The van der Waals surface area contributed by atoms with Gasteiger partial charge in [-0.2, -0.15) is 0 Å². The molecule has 0 aliphatic heterocycles. The zero-order valence-corrected chi connectivity index (χ0v) is 15.6. The van der Waals surface area contributed by atoms with Crippen molar-refractivity contribution in [3.8, 4) is 0 Å². The van der Waals surface area contributed by atoms with Crippen molar-refractivity contribution in [2.45, 2.75) is 27.2 Å². The van der Waals surface area contributed by atoms with Crippen LogP contribution in [-0.2, 0) is 14.4 Å². The van der Waals surface area contributed by atoms with E-state index in [2.05, 4.69) is 16.0 Å². The Hall–Kier alpha value is -3.15. The van der Waals surface area contributed by atoms with E-state index in [1.54, 1.807) is 24.3 Å². The first-order chi connectivity index (χ1) is 12.8. The van der Waals surface area contributed by atoms with Crippen LogP contribution in [0, 0.1) is 25.7 Å². The van der Waals surface area contributed by atoms with Crippen molar-refractivity contribution in [2.24, 2.45) is 11.8 Å². The second kappa shape index (κ2) is 7.61. The average Bonchev–Trinajstić information content (AvgIpc) is 3.38. The van der Waals surface area contributed by atoms with Crippen LogP contribution < -0.4 is 16.0 Å². The van der Waals surface area contributed by atoms with Gasteiger partial charge in [-0.1, -0.05) is 23.8 Å². The molecule has 3 rings (SSSR count). The molecule has 3 N–H and O–H groups in total. The number of amides is 3. The Kier molecular flexibility index (Phi) is 5.26. The van der Waals surface area contributed by atoms with Gasteiger partial charge in [0.05, 0.1) is 11.8 Å². The molecule has 27 heavy (non-hydrogen) atoms. The number of hydrogen-bond acceptors (Lipinski definition) is 3. The predicted molar refractivity (Wildman–Crippen MR) is 106 cm³/mol. The van der Waals surface area contributed by atoms with Crippen LogP contribution in [0.25, 0.3) is 0 Å². The average molecular weight is 365 g/mol. The minimum absolute atomic E-state index is 0.130. The number of hydrogen-bond donors (Lipinski definition) is 3. The van der Waals surface area contributed by atoms with E-state index in [4.69, 9.17) is 0 Å². The Labute approximate surface area is 158 Å². The summed E-state index contributed by atoms with van der Waals surface area (Å²) in [5, 5.41) is 8.40. The first-order valence-electron chi connectivity index (χ1n) is 8.90. The summed E-state index contributed by atoms with van der Waals surface area (Å²) in [5.41, 5.74) is 4.11. The number of anilines is 3. The third kappa shape index (κ3) is 4.73. The van der Waals surface area contributed by atoms with Gasteiger partial charge in [0.15, 0.2) is 0 Å². The molecule has 2 unspecified atom stereocenters. The van der Waals surface area contributed by atoms with Crippen molar-refractivity contribution in [3.63, 3.8) is 0 Å². The van der Waals surface area contributed by atoms with Gasteiger partial charge in [0.2, 0.25) is 17.7 Å². The van der Waals surface area contributed by atoms with Crippen molar-refractivity contribution < 1.29 is 14.4 Å². The first-order valence-corrected chi connectivity index (χ1v) is 8.90. The molecule has 140 valence electrons. The highest BCUT2D eigenvalue weighted by Gasteiger charge is 2.48. The van der Waals surface area contributed by atoms with Crippen LogP contribution in [0.4, 0.5) is 17.1 Å². The highest BCUT2D eigenvalue weighted by Crippen LogP contribution is 2.40. The minimum Gasteiger partial charge on any atom is -0.326 e. The lowest BCUT2D eigenvalue weighted by Gasteiger charge is -2.10. The third-order valence-corrected chi connectivity index (χ3v) is 4.55. The Balaban J connectivity index is 1.57. The molecular weight excluding hydrogens is 342 g/mol. The largest absolute Gasteiger partial charge is 0.326 e. The van der Waals surface area contributed by atoms with E-state index in [-0.39, 0.29) is 29.6 Å². The van der Waals surface area contributed by atoms with Crippen molar-refractivity contribution in [2.75, 3.05) is 16.0 Å². The highest BCUT2D eigenvalue weighted by molar-refractivity contribution is 6.03. The third-order valence-electron chi connectivity index (χ3n) is 4.55. The maximum absolute atomic E-state index is 12.4. The van der Waals surface area contributed by atoms with Crippen molar-refractivity contribution in [3.05, 3.63) is 53.6 Å². The lowest BCUT2D eigenvalue weighted by atomic mass is 10.1. The van der Waals surface area contributed by atoms with Crippen molar-refractivity contribution in [1.29, 1.82) is 0 Å². The molecule has 0 spiro atoms. The molecule has 3 amide bonds. The highest BCUT2D eigenvalue weighted by atomic mass is 16.2. The van der Waals surface area contributed by atoms with Crippen LogP contribution in [0.3, 0.4) is 0 Å². The van der Waals surface area contributed by atoms with Gasteiger partial charge in [0.1, 0.15) is 0 Å². The van der Waals surface area contributed by atoms with E-state index in [9.17, 15) is 14.4 Å². The summed E-state index contributed by atoms with van der Waals surface area (Å²) in [5.74, 6) is -1.14. The van der Waals surface area contributed by atoms with E-state index in [0.29, 0.717) is 17.8 Å². The van der Waals surface area contributed by atoms with Gasteiger partial charge in [0.25, 0.3) is 0 Å². The van der Waals surface area contributed by atoms with E-state index < -0.39 is 0 Å². The molecule has 6 heteroatoms. The number of nitrogens with one attached hydrogen (secondary N) is 3. The maximum atomic E-state index is 12.4. The van der Waals surface area contributed by atoms with E-state index in [1.807, 2.05) is 32.0 Å². The van der Waals surface area contributed by atoms with Gasteiger partial charge in [-0.25, -0.2) is 0 Å². The fourth-order valence-corrected chi connectivity index (χ4v) is 3.07. The van der Waals surface area contributed by atoms with E-state index >= 15 is 0 Å². The number of benzene rings is 2. The Morgan fingerprint density at radius 3 is 2.11 bits per heavy atom. The number of carbonyl (C=O) groups is 3. The van der Waals surface area contributed by atoms with Crippen LogP contribution in [0.1, 0.15) is 24.5 Å². The summed E-state index contributed by atoms with van der Waals surface area (Å²) in [7, 11) is 0. The Morgan fingerprint density at radius 1 is 0.852 bits per heavy atom. The molecule has 2 atom stereocenters. The molecule has 1 saturated carbocycles. The topological polar surface area (TPSA) is 87.3 Å². The van der Waals surface area contributed by atoms with Crippen LogP contribution >= 0.6 is 0 Å². The number of aryl methyl sites for hydroxylation is 2. The van der Waals surface area contributed by atoms with Gasteiger partial charge in [0, 0.05) is 24.0 Å². The number of carbonyl (C=O) groups excluding carboxylic acids is 3. The molecule has 0 saturated heterocycles. The van der Waals surface area contributed by atoms with Crippen LogP contribution in [0.2, 0.25) is 0 Å². The molecule has 1 fully saturated rings. The smallest absolute Gasteiger partial charge is 0.228 e. The molecule has 2 aromatic carbocycles. The molecular formula is C21H23N3O3. The lowest BCUT2D eigenvalue weighted by Crippen LogP contribution is -2.21. The van der Waals surface area contributed by atoms with Crippen molar-refractivity contribution >= 4 is 34.8 Å². The van der Waals surface area contributed by atoms with Crippen LogP contribution in [0.5, 0.6) is 0 Å². The molecule has 1 aliphatic rings. The quantitative estimate of drug-likeness (QED) is 0.758. The van der Waals surface area contributed by atoms with Gasteiger partial charge in [-0.05, 0) is 50.1 Å². The monoisotopic (exact) mass is 365 g/mol. The molecule has 0 bridgehead atoms. The van der Waals surface area contributed by atoms with Gasteiger partial charge in [-0.3, -0.25) is 14.4 Å². The minimum atomic E-state index is -0.333. The second-order valence-electron chi connectivity index (χ2n) is 7.01. The predicted octanol–water partition coefficient (Wildman–Crippen LogP) is 3.48. The normalized spacial score (nSPS) is 17.7. The summed E-state index contributed by atoms with van der Waals surface area (Å²) in [6.45, 7) is 5.37. The molecule has 6 nitrogen and oxygen atoms in total. The summed E-state index contributed by atoms with van der Waals surface area (Å²) >= 11 is 0. The fraction of sp³-hybridized carbons (Fsp3) is 0.286. The maximum Gasteiger partial charge on any atom is 0.228 e. The summed E-state index contributed by atoms with van der Waals surface area (Å²) in [4.78, 5) is 36.0. The van der Waals surface area contributed by atoms with E-state index in [1.165, 1.54) is 6.92 Å². The molecule has 0 aromatic heterocycles. The summed E-state index contributed by atoms with van der Waals surface area (Å²) in [6.07, 6.45) is 0.536. The van der Waals surface area contributed by atoms with Gasteiger partial charge in [-0.15, -0.1) is 0 Å². The summed E-state index contributed by atoms with van der Waals surface area (Å²) in [6, 6.07) is 12.8. The SMILES string of the molecule is CC(=O)Nc1cccc(NC(=O)C2CC2C(=O)Nc2ccc(C)cc2C)c1. The molecule has 0 heterocycles. The fourth-order valence-electron chi connectivity index (χ4n) is 3.07. The molecule has 0 radical (unpaired) electrons. The zero-order chi connectivity index (χ0) is 19.6. The van der Waals surface area contributed by atoms with Crippen molar-refractivity contribution in [1.82, 2.24) is 0 Å². The number of rotatable bonds is 5. The van der Waals surface area contributed by atoms with Gasteiger partial charge >= 0.3 is 0 Å². The Morgan fingerprint density at radius 2 is 1.48 bits per heavy atom. The standard InChI is InChI=1S/C21H23N3O3/c1-12-7-8-19(13(2)9-12)24-21(27)18-11-17(18)20(26)23-16-6-4-5-15(10-16)22-14(3)25/h4-10,17-18H,11H2,1-3H3,(H,22,25)(H,23,26)(H,24,27). The van der Waals surface area contributed by atoms with Gasteiger partial charge < -0.3 is 16.0 Å². The van der Waals surface area contributed by atoms with E-state index in [0.717, 1.165) is 16.8 Å². The molecule has 1 aliphatic carbocycles. The Bertz CT molecular complexity index is 907. The van der Waals surface area contributed by atoms with Crippen LogP contribution in [-0.4, -0.2) is 17.7 Å². The zero-order valence-electron chi connectivity index (χ0n) is 15.6. The summed E-state index contributed by atoms with van der Waals surface area (Å²) < 4.78 is 0. The lowest BCUT2D eigenvalue weighted by molar-refractivity contribution is -0.122. The van der Waals surface area contributed by atoms with Crippen LogP contribution in [0.15, 0.2) is 42.5 Å².